The molecule has 1 rings (SSSR count). The molecule has 0 unspecified atom stereocenters. The summed E-state index contributed by atoms with van der Waals surface area (Å²) in [6.45, 7) is 3.45. The van der Waals surface area contributed by atoms with Gasteiger partial charge in [0.05, 0.1) is 0 Å². The highest BCUT2D eigenvalue weighted by atomic mass is 79.9. The molecule has 0 amide bonds. The highest BCUT2D eigenvalue weighted by Gasteiger charge is 2.16. The highest BCUT2D eigenvalue weighted by Crippen LogP contribution is 2.18. The maximum atomic E-state index is 5.46. The van der Waals surface area contributed by atoms with E-state index in [1.165, 1.54) is 25.9 Å². The Morgan fingerprint density at radius 2 is 2.08 bits per heavy atom. The van der Waals surface area contributed by atoms with Crippen LogP contribution in [0.15, 0.2) is 11.6 Å². The van der Waals surface area contributed by atoms with Gasteiger partial charge in [0.2, 0.25) is 0 Å². The molecular formula is C9H15BrClN. The number of alkyl halides is 1. The Morgan fingerprint density at radius 3 is 2.58 bits per heavy atom. The van der Waals surface area contributed by atoms with Gasteiger partial charge in [-0.1, -0.05) is 33.6 Å². The molecule has 1 saturated heterocycles. The van der Waals surface area contributed by atoms with Crippen molar-refractivity contribution in [3.63, 3.8) is 0 Å². The maximum Gasteiger partial charge on any atom is 0.0174 e. The van der Waals surface area contributed by atoms with Crippen molar-refractivity contribution in [2.75, 3.05) is 25.0 Å². The summed E-state index contributed by atoms with van der Waals surface area (Å²) in [5.41, 5.74) is 1.61. The predicted octanol–water partition coefficient (Wildman–Crippen LogP) is 2.85. The molecule has 0 aromatic heterocycles. The van der Waals surface area contributed by atoms with Gasteiger partial charge >= 0.3 is 0 Å². The van der Waals surface area contributed by atoms with E-state index in [2.05, 4.69) is 20.8 Å². The van der Waals surface area contributed by atoms with Crippen LogP contribution in [0.3, 0.4) is 0 Å². The molecule has 1 heterocycles. The molecule has 1 aliphatic rings. The second-order valence-corrected chi connectivity index (χ2v) is 4.16. The number of likely N-dealkylation sites (tertiary alicyclic amines) is 1. The van der Waals surface area contributed by atoms with E-state index in [1.54, 1.807) is 5.54 Å². The number of piperidine rings is 1. The van der Waals surface area contributed by atoms with Crippen LogP contribution in [0.5, 0.6) is 0 Å². The third-order valence-electron chi connectivity index (χ3n) is 2.38. The van der Waals surface area contributed by atoms with Crippen LogP contribution in [0, 0.1) is 5.92 Å². The van der Waals surface area contributed by atoms with Crippen LogP contribution in [0.25, 0.3) is 0 Å². The number of nitrogens with zero attached hydrogens (tertiary/aromatic N) is 1. The third kappa shape index (κ3) is 3.46. The molecule has 12 heavy (non-hydrogen) atoms. The quantitative estimate of drug-likeness (QED) is 0.698. The van der Waals surface area contributed by atoms with E-state index in [9.17, 15) is 0 Å². The van der Waals surface area contributed by atoms with E-state index in [0.717, 1.165) is 17.8 Å². The molecule has 70 valence electrons. The predicted molar refractivity (Wildman–Crippen MR) is 58.0 cm³/mol. The lowest BCUT2D eigenvalue weighted by molar-refractivity contribution is 0.213. The van der Waals surface area contributed by atoms with Gasteiger partial charge in [0.15, 0.2) is 0 Å². The summed E-state index contributed by atoms with van der Waals surface area (Å²) in [5.74, 6) is 0.890. The topological polar surface area (TPSA) is 3.24 Å². The fraction of sp³-hybridized carbons (Fsp3) is 0.778. The summed E-state index contributed by atoms with van der Waals surface area (Å²) in [5, 5.41) is 1.16. The molecule has 0 spiro atoms. The minimum absolute atomic E-state index is 0.890. The maximum absolute atomic E-state index is 5.46. The molecule has 1 fully saturated rings. The van der Waals surface area contributed by atoms with Gasteiger partial charge in [-0.25, -0.2) is 0 Å². The van der Waals surface area contributed by atoms with Crippen LogP contribution in [0.2, 0.25) is 0 Å². The van der Waals surface area contributed by atoms with Crippen molar-refractivity contribution in [1.29, 1.82) is 0 Å². The zero-order valence-corrected chi connectivity index (χ0v) is 9.52. The number of hydrogen-bond donors (Lipinski definition) is 0. The highest BCUT2D eigenvalue weighted by molar-refractivity contribution is 9.09. The lowest BCUT2D eigenvalue weighted by Crippen LogP contribution is -2.34. The van der Waals surface area contributed by atoms with Crippen molar-refractivity contribution in [1.82, 2.24) is 4.90 Å². The summed E-state index contributed by atoms with van der Waals surface area (Å²) in [6.07, 6.45) is 4.65. The normalized spacial score (nSPS) is 22.2. The van der Waals surface area contributed by atoms with Crippen molar-refractivity contribution >= 4 is 27.5 Å². The number of hydrogen-bond acceptors (Lipinski definition) is 1. The Morgan fingerprint density at radius 1 is 1.42 bits per heavy atom. The summed E-state index contributed by atoms with van der Waals surface area (Å²) in [4.78, 5) is 2.44. The molecule has 0 atom stereocenters. The Hall–Kier alpha value is 0.470. The fourth-order valence-electron chi connectivity index (χ4n) is 1.51. The second-order valence-electron chi connectivity index (χ2n) is 3.26. The van der Waals surface area contributed by atoms with Crippen molar-refractivity contribution in [3.8, 4) is 0 Å². The molecule has 0 aromatic rings. The van der Waals surface area contributed by atoms with E-state index in [-0.39, 0.29) is 0 Å². The first-order valence-electron chi connectivity index (χ1n) is 4.40. The lowest BCUT2D eigenvalue weighted by Gasteiger charge is -2.29. The first-order chi connectivity index (χ1) is 5.86. The van der Waals surface area contributed by atoms with Crippen LogP contribution in [-0.4, -0.2) is 29.9 Å². The first kappa shape index (κ1) is 10.6. The van der Waals surface area contributed by atoms with Gasteiger partial charge in [0.1, 0.15) is 0 Å². The fourth-order valence-corrected chi connectivity index (χ4v) is 2.24. The summed E-state index contributed by atoms with van der Waals surface area (Å²) in [6, 6.07) is 0. The van der Waals surface area contributed by atoms with Gasteiger partial charge in [-0.15, -0.1) is 0 Å². The third-order valence-corrected chi connectivity index (χ3v) is 3.47. The minimum atomic E-state index is 0.890. The van der Waals surface area contributed by atoms with Crippen molar-refractivity contribution in [2.24, 2.45) is 5.92 Å². The molecule has 0 N–H and O–H groups in total. The number of halogens is 2. The summed E-state index contributed by atoms with van der Waals surface area (Å²) >= 11 is 8.99. The zero-order chi connectivity index (χ0) is 8.81. The van der Waals surface area contributed by atoms with Crippen LogP contribution >= 0.6 is 27.5 Å². The monoisotopic (exact) mass is 251 g/mol. The number of rotatable bonds is 3. The molecule has 0 aromatic carbocycles. The molecule has 0 radical (unpaired) electrons. The standard InChI is InChI=1S/C9H15BrClN/c10-8-9-2-6-12(7-3-9)5-1-4-11/h1,4,9H,2-3,5-8H2/b4-1+. The smallest absolute Gasteiger partial charge is 0.0174 e. The first-order valence-corrected chi connectivity index (χ1v) is 5.96. The molecular weight excluding hydrogens is 237 g/mol. The Bertz CT molecular complexity index is 141. The van der Waals surface area contributed by atoms with Crippen LogP contribution < -0.4 is 0 Å². The largest absolute Gasteiger partial charge is 0.300 e. The minimum Gasteiger partial charge on any atom is -0.300 e. The molecule has 0 bridgehead atoms. The zero-order valence-electron chi connectivity index (χ0n) is 7.18. The summed E-state index contributed by atoms with van der Waals surface area (Å²) in [7, 11) is 0. The van der Waals surface area contributed by atoms with Crippen LogP contribution in [0.4, 0.5) is 0 Å². The van der Waals surface area contributed by atoms with Gasteiger partial charge in [-0.3, -0.25) is 4.90 Å². The van der Waals surface area contributed by atoms with Crippen LogP contribution in [0.1, 0.15) is 12.8 Å². The Labute approximate surface area is 87.9 Å². The van der Waals surface area contributed by atoms with E-state index >= 15 is 0 Å². The van der Waals surface area contributed by atoms with Gasteiger partial charge in [-0.05, 0) is 31.8 Å². The van der Waals surface area contributed by atoms with E-state index < -0.39 is 0 Å². The Kier molecular flexibility index (Phi) is 5.28. The van der Waals surface area contributed by atoms with Crippen molar-refractivity contribution in [2.45, 2.75) is 12.8 Å². The average molecular weight is 253 g/mol. The molecule has 0 aliphatic carbocycles. The molecule has 1 aliphatic heterocycles. The van der Waals surface area contributed by atoms with Crippen LogP contribution in [-0.2, 0) is 0 Å². The van der Waals surface area contributed by atoms with E-state index in [4.69, 9.17) is 11.6 Å². The van der Waals surface area contributed by atoms with Gasteiger partial charge in [0, 0.05) is 17.4 Å². The molecule has 3 heteroatoms. The van der Waals surface area contributed by atoms with Gasteiger partial charge in [-0.2, -0.15) is 0 Å². The molecule has 1 nitrogen and oxygen atoms in total. The SMILES string of the molecule is Cl/C=C/CN1CCC(CBr)CC1. The lowest BCUT2D eigenvalue weighted by atomic mass is 9.99. The molecule has 0 saturated carbocycles. The van der Waals surface area contributed by atoms with E-state index in [1.807, 2.05) is 6.08 Å². The summed E-state index contributed by atoms with van der Waals surface area (Å²) < 4.78 is 0. The van der Waals surface area contributed by atoms with Gasteiger partial charge in [0.25, 0.3) is 0 Å². The van der Waals surface area contributed by atoms with E-state index in [0.29, 0.717) is 0 Å². The second kappa shape index (κ2) is 6.01. The van der Waals surface area contributed by atoms with Crippen molar-refractivity contribution < 1.29 is 0 Å². The van der Waals surface area contributed by atoms with Gasteiger partial charge < -0.3 is 0 Å². The van der Waals surface area contributed by atoms with Crippen molar-refractivity contribution in [3.05, 3.63) is 11.6 Å². The average Bonchev–Trinajstić information content (AvgIpc) is 2.15. The Balaban J connectivity index is 2.17.